The van der Waals surface area contributed by atoms with Gasteiger partial charge in [0.2, 0.25) is 5.91 Å². The van der Waals surface area contributed by atoms with Crippen molar-refractivity contribution < 1.29 is 14.0 Å². The summed E-state index contributed by atoms with van der Waals surface area (Å²) in [7, 11) is 0. The second-order valence-electron chi connectivity index (χ2n) is 3.07. The molecule has 0 aliphatic rings. The average molecular weight is 210 g/mol. The summed E-state index contributed by atoms with van der Waals surface area (Å²) in [6.45, 7) is 2.54. The highest BCUT2D eigenvalue weighted by Crippen LogP contribution is 1.98. The fourth-order valence-electron chi connectivity index (χ4n) is 1.05. The Bertz CT molecular complexity index is 319. The van der Waals surface area contributed by atoms with Crippen LogP contribution in [-0.4, -0.2) is 24.9 Å². The number of furan rings is 1. The average Bonchev–Trinajstić information content (AvgIpc) is 2.69. The molecule has 0 bridgehead atoms. The van der Waals surface area contributed by atoms with Gasteiger partial charge in [0.25, 0.3) is 5.91 Å². The van der Waals surface area contributed by atoms with Crippen LogP contribution in [-0.2, 0) is 4.79 Å². The summed E-state index contributed by atoms with van der Waals surface area (Å²) in [6, 6.07) is 3.26. The minimum Gasteiger partial charge on any atom is -0.459 e. The maximum absolute atomic E-state index is 11.3. The maximum atomic E-state index is 11.3. The summed E-state index contributed by atoms with van der Waals surface area (Å²) in [5, 5.41) is 5.32. The van der Waals surface area contributed by atoms with Crippen molar-refractivity contribution in [3.05, 3.63) is 24.2 Å². The molecule has 5 nitrogen and oxygen atoms in total. The molecule has 0 saturated carbocycles. The first-order valence-corrected chi connectivity index (χ1v) is 4.76. The molecule has 0 saturated heterocycles. The highest BCUT2D eigenvalue weighted by molar-refractivity contribution is 5.91. The van der Waals surface area contributed by atoms with Gasteiger partial charge in [-0.1, -0.05) is 0 Å². The van der Waals surface area contributed by atoms with Crippen molar-refractivity contribution in [2.45, 2.75) is 13.3 Å². The Labute approximate surface area is 87.8 Å². The lowest BCUT2D eigenvalue weighted by atomic mass is 10.4. The molecular formula is C10H14N2O3. The Morgan fingerprint density at radius 3 is 2.67 bits per heavy atom. The predicted molar refractivity (Wildman–Crippen MR) is 54.3 cm³/mol. The van der Waals surface area contributed by atoms with Crippen LogP contribution in [0.2, 0.25) is 0 Å². The number of carbonyl (C=O) groups is 2. The third-order valence-electron chi connectivity index (χ3n) is 1.76. The lowest BCUT2D eigenvalue weighted by Crippen LogP contribution is -2.28. The first kappa shape index (κ1) is 11.3. The van der Waals surface area contributed by atoms with Gasteiger partial charge in [-0.05, 0) is 18.6 Å². The first-order valence-electron chi connectivity index (χ1n) is 4.76. The number of carbonyl (C=O) groups excluding carboxylic acids is 2. The molecule has 0 atom stereocenters. The summed E-state index contributed by atoms with van der Waals surface area (Å²) in [6.07, 6.45) is 2.15. The molecule has 82 valence electrons. The second kappa shape index (κ2) is 5.85. The van der Waals surface area contributed by atoms with Crippen molar-refractivity contribution in [1.82, 2.24) is 10.6 Å². The molecule has 1 heterocycles. The van der Waals surface area contributed by atoms with Crippen LogP contribution in [0.3, 0.4) is 0 Å². The van der Waals surface area contributed by atoms with Crippen LogP contribution in [0.15, 0.2) is 22.8 Å². The smallest absolute Gasteiger partial charge is 0.286 e. The van der Waals surface area contributed by atoms with Crippen LogP contribution < -0.4 is 10.6 Å². The van der Waals surface area contributed by atoms with Gasteiger partial charge in [-0.15, -0.1) is 0 Å². The zero-order valence-electron chi connectivity index (χ0n) is 8.58. The van der Waals surface area contributed by atoms with E-state index in [0.717, 1.165) is 0 Å². The fraction of sp³-hybridized carbons (Fsp3) is 0.400. The van der Waals surface area contributed by atoms with Crippen LogP contribution >= 0.6 is 0 Å². The molecule has 0 aliphatic carbocycles. The highest BCUT2D eigenvalue weighted by Gasteiger charge is 2.06. The molecule has 15 heavy (non-hydrogen) atoms. The Kier molecular flexibility index (Phi) is 4.40. The molecule has 1 rings (SSSR count). The Morgan fingerprint density at radius 1 is 1.33 bits per heavy atom. The summed E-state index contributed by atoms with van der Waals surface area (Å²) in [4.78, 5) is 21.8. The van der Waals surface area contributed by atoms with Crippen molar-refractivity contribution in [1.29, 1.82) is 0 Å². The normalized spacial score (nSPS) is 9.67. The molecule has 0 fully saturated rings. The van der Waals surface area contributed by atoms with Crippen molar-refractivity contribution in [2.75, 3.05) is 13.1 Å². The molecule has 1 aromatic heterocycles. The molecular weight excluding hydrogens is 196 g/mol. The summed E-state index contributed by atoms with van der Waals surface area (Å²) in [5.41, 5.74) is 0. The molecule has 5 heteroatoms. The van der Waals surface area contributed by atoms with Crippen molar-refractivity contribution in [2.24, 2.45) is 0 Å². The highest BCUT2D eigenvalue weighted by atomic mass is 16.3. The SMILES string of the molecule is CC(=O)NCCCNC(=O)c1ccco1. The second-order valence-corrected chi connectivity index (χ2v) is 3.07. The van der Waals surface area contributed by atoms with E-state index in [1.54, 1.807) is 12.1 Å². The molecule has 0 radical (unpaired) electrons. The van der Waals surface area contributed by atoms with Crippen LogP contribution in [0.4, 0.5) is 0 Å². The molecule has 0 aromatic carbocycles. The minimum absolute atomic E-state index is 0.0626. The van der Waals surface area contributed by atoms with Crippen molar-refractivity contribution in [3.8, 4) is 0 Å². The standard InChI is InChI=1S/C10H14N2O3/c1-8(13)11-5-3-6-12-10(14)9-4-2-7-15-9/h2,4,7H,3,5-6H2,1H3,(H,11,13)(H,12,14). The lowest BCUT2D eigenvalue weighted by Gasteiger charge is -2.03. The van der Waals surface area contributed by atoms with Crippen molar-refractivity contribution >= 4 is 11.8 Å². The number of amides is 2. The molecule has 0 unspecified atom stereocenters. The van der Waals surface area contributed by atoms with Crippen LogP contribution in [0.1, 0.15) is 23.9 Å². The minimum atomic E-state index is -0.233. The Hall–Kier alpha value is -1.78. The molecule has 1 aromatic rings. The van der Waals surface area contributed by atoms with E-state index in [1.165, 1.54) is 13.2 Å². The Balaban J connectivity index is 2.10. The van der Waals surface area contributed by atoms with Gasteiger partial charge in [-0.3, -0.25) is 9.59 Å². The maximum Gasteiger partial charge on any atom is 0.286 e. The fourth-order valence-corrected chi connectivity index (χ4v) is 1.05. The molecule has 2 N–H and O–H groups in total. The van der Waals surface area contributed by atoms with E-state index in [-0.39, 0.29) is 11.8 Å². The van der Waals surface area contributed by atoms with Gasteiger partial charge in [0.05, 0.1) is 6.26 Å². The summed E-state index contributed by atoms with van der Waals surface area (Å²) < 4.78 is 4.91. The predicted octanol–water partition coefficient (Wildman–Crippen LogP) is 0.536. The summed E-state index contributed by atoms with van der Waals surface area (Å²) in [5.74, 6) is 0.00436. The van der Waals surface area contributed by atoms with Gasteiger partial charge in [-0.2, -0.15) is 0 Å². The van der Waals surface area contributed by atoms with Gasteiger partial charge in [0.15, 0.2) is 5.76 Å². The zero-order valence-corrected chi connectivity index (χ0v) is 8.58. The summed E-state index contributed by atoms with van der Waals surface area (Å²) >= 11 is 0. The largest absolute Gasteiger partial charge is 0.459 e. The van der Waals surface area contributed by atoms with Crippen LogP contribution in [0.25, 0.3) is 0 Å². The quantitative estimate of drug-likeness (QED) is 0.696. The molecule has 0 aliphatic heterocycles. The van der Waals surface area contributed by atoms with E-state index in [1.807, 2.05) is 0 Å². The van der Waals surface area contributed by atoms with Crippen LogP contribution in [0.5, 0.6) is 0 Å². The van der Waals surface area contributed by atoms with E-state index in [2.05, 4.69) is 10.6 Å². The molecule has 0 spiro atoms. The number of nitrogens with one attached hydrogen (secondary N) is 2. The van der Waals surface area contributed by atoms with Gasteiger partial charge in [0.1, 0.15) is 0 Å². The van der Waals surface area contributed by atoms with E-state index < -0.39 is 0 Å². The number of hydrogen-bond donors (Lipinski definition) is 2. The van der Waals surface area contributed by atoms with E-state index in [0.29, 0.717) is 25.3 Å². The van der Waals surface area contributed by atoms with E-state index in [9.17, 15) is 9.59 Å². The first-order chi connectivity index (χ1) is 7.20. The van der Waals surface area contributed by atoms with Gasteiger partial charge < -0.3 is 15.1 Å². The lowest BCUT2D eigenvalue weighted by molar-refractivity contribution is -0.118. The monoisotopic (exact) mass is 210 g/mol. The van der Waals surface area contributed by atoms with Crippen LogP contribution in [0, 0.1) is 0 Å². The number of hydrogen-bond acceptors (Lipinski definition) is 3. The Morgan fingerprint density at radius 2 is 2.07 bits per heavy atom. The van der Waals surface area contributed by atoms with Gasteiger partial charge in [0, 0.05) is 20.0 Å². The number of rotatable bonds is 5. The van der Waals surface area contributed by atoms with Gasteiger partial charge >= 0.3 is 0 Å². The topological polar surface area (TPSA) is 71.3 Å². The molecule has 2 amide bonds. The van der Waals surface area contributed by atoms with Gasteiger partial charge in [-0.25, -0.2) is 0 Å². The third-order valence-corrected chi connectivity index (χ3v) is 1.76. The third kappa shape index (κ3) is 4.30. The van der Waals surface area contributed by atoms with Crippen molar-refractivity contribution in [3.63, 3.8) is 0 Å². The van der Waals surface area contributed by atoms with E-state index >= 15 is 0 Å². The zero-order chi connectivity index (χ0) is 11.1. The van der Waals surface area contributed by atoms with E-state index in [4.69, 9.17) is 4.42 Å².